The van der Waals surface area contributed by atoms with Crippen LogP contribution in [0.4, 0.5) is 0 Å². The first-order chi connectivity index (χ1) is 9.76. The van der Waals surface area contributed by atoms with E-state index in [4.69, 9.17) is 10.5 Å². The minimum absolute atomic E-state index is 0.142. The van der Waals surface area contributed by atoms with E-state index in [1.54, 1.807) is 6.21 Å². The number of hydrazone groups is 1. The first kappa shape index (κ1) is 17.2. The normalized spacial score (nSPS) is 11.4. The van der Waals surface area contributed by atoms with E-state index in [0.717, 1.165) is 23.3 Å². The van der Waals surface area contributed by atoms with Crippen molar-refractivity contribution in [2.45, 2.75) is 27.2 Å². The van der Waals surface area contributed by atoms with E-state index in [2.05, 4.69) is 50.1 Å². The topological polar surface area (TPSA) is 59.6 Å². The Morgan fingerprint density at radius 2 is 2.00 bits per heavy atom. The van der Waals surface area contributed by atoms with Crippen molar-refractivity contribution in [3.05, 3.63) is 42.0 Å². The second-order valence-electron chi connectivity index (χ2n) is 6.08. The molecule has 0 unspecified atom stereocenters. The summed E-state index contributed by atoms with van der Waals surface area (Å²) in [5.74, 6) is 0.810. The highest BCUT2D eigenvalue weighted by atomic mass is 32.1. The van der Waals surface area contributed by atoms with E-state index in [-0.39, 0.29) is 10.5 Å². The maximum absolute atomic E-state index is 5.71. The molecule has 3 N–H and O–H groups in total. The van der Waals surface area contributed by atoms with Gasteiger partial charge in [-0.05, 0) is 59.5 Å². The van der Waals surface area contributed by atoms with Gasteiger partial charge in [0.25, 0.3) is 0 Å². The highest BCUT2D eigenvalue weighted by Gasteiger charge is 2.12. The number of hydrogen-bond donors (Lipinski definition) is 2. The van der Waals surface area contributed by atoms with Gasteiger partial charge in [0.15, 0.2) is 5.11 Å². The van der Waals surface area contributed by atoms with Gasteiger partial charge in [0.2, 0.25) is 0 Å². The van der Waals surface area contributed by atoms with Crippen LogP contribution in [-0.2, 0) is 0 Å². The smallest absolute Gasteiger partial charge is 0.184 e. The number of hydrogen-bond acceptors (Lipinski definition) is 3. The molecule has 0 atom stereocenters. The first-order valence-corrected chi connectivity index (χ1v) is 7.15. The zero-order chi connectivity index (χ0) is 15.9. The van der Waals surface area contributed by atoms with Gasteiger partial charge in [0, 0.05) is 0 Å². The number of nitrogens with two attached hydrogens (primary N) is 1. The van der Waals surface area contributed by atoms with E-state index in [1.165, 1.54) is 0 Å². The number of nitrogens with one attached hydrogen (secondary N) is 1. The zero-order valence-corrected chi connectivity index (χ0v) is 13.7. The lowest BCUT2D eigenvalue weighted by atomic mass is 9.89. The molecule has 0 fully saturated rings. The van der Waals surface area contributed by atoms with Gasteiger partial charge in [0.05, 0.1) is 6.21 Å². The summed E-state index contributed by atoms with van der Waals surface area (Å²) in [6.07, 6.45) is 2.59. The Morgan fingerprint density at radius 3 is 2.52 bits per heavy atom. The van der Waals surface area contributed by atoms with Crippen LogP contribution >= 0.6 is 12.2 Å². The average Bonchev–Trinajstić information content (AvgIpc) is 2.35. The fourth-order valence-corrected chi connectivity index (χ4v) is 1.86. The molecular weight excluding hydrogens is 282 g/mol. The molecule has 0 radical (unpaired) electrons. The third-order valence-corrected chi connectivity index (χ3v) is 2.58. The van der Waals surface area contributed by atoms with Crippen LogP contribution in [0, 0.1) is 5.41 Å². The molecule has 1 aromatic carbocycles. The minimum Gasteiger partial charge on any atom is -0.489 e. The Kier molecular flexibility index (Phi) is 6.37. The molecule has 0 aliphatic carbocycles. The summed E-state index contributed by atoms with van der Waals surface area (Å²) < 4.78 is 5.71. The lowest BCUT2D eigenvalue weighted by molar-refractivity contribution is 0.323. The second-order valence-corrected chi connectivity index (χ2v) is 6.52. The molecule has 0 heterocycles. The van der Waals surface area contributed by atoms with Gasteiger partial charge in [-0.15, -0.1) is 0 Å². The van der Waals surface area contributed by atoms with Crippen LogP contribution in [0.15, 0.2) is 41.5 Å². The molecule has 5 heteroatoms. The minimum atomic E-state index is 0.142. The largest absolute Gasteiger partial charge is 0.489 e. The Hall–Kier alpha value is -1.88. The Morgan fingerprint density at radius 1 is 1.38 bits per heavy atom. The molecule has 0 bridgehead atoms. The van der Waals surface area contributed by atoms with E-state index in [1.807, 2.05) is 24.3 Å². The van der Waals surface area contributed by atoms with Crippen molar-refractivity contribution in [1.82, 2.24) is 5.43 Å². The van der Waals surface area contributed by atoms with E-state index < -0.39 is 0 Å². The molecule has 1 aromatic rings. The number of nitrogens with zero attached hydrogens (tertiary/aromatic N) is 1. The Bertz CT molecular complexity index is 515. The van der Waals surface area contributed by atoms with Crippen LogP contribution in [-0.4, -0.2) is 17.9 Å². The summed E-state index contributed by atoms with van der Waals surface area (Å²) in [7, 11) is 0. The van der Waals surface area contributed by atoms with Crippen molar-refractivity contribution in [2.75, 3.05) is 6.61 Å². The Labute approximate surface area is 132 Å². The van der Waals surface area contributed by atoms with Gasteiger partial charge in [-0.2, -0.15) is 5.10 Å². The summed E-state index contributed by atoms with van der Waals surface area (Å²) in [4.78, 5) is 0. The molecule has 1 rings (SSSR count). The number of benzene rings is 1. The van der Waals surface area contributed by atoms with Gasteiger partial charge in [-0.25, -0.2) is 0 Å². The van der Waals surface area contributed by atoms with Gasteiger partial charge in [0.1, 0.15) is 12.4 Å². The number of thiocarbonyl (C=S) groups is 1. The molecule has 0 saturated carbocycles. The van der Waals surface area contributed by atoms with Crippen molar-refractivity contribution in [2.24, 2.45) is 16.3 Å². The SMILES string of the molecule is C=C(COc1ccc(/C=N/NC(N)=S)cc1)CC(C)(C)C. The fourth-order valence-electron chi connectivity index (χ4n) is 1.81. The van der Waals surface area contributed by atoms with Crippen molar-refractivity contribution >= 4 is 23.5 Å². The number of ether oxygens (including phenoxy) is 1. The predicted molar refractivity (Wildman–Crippen MR) is 92.7 cm³/mol. The van der Waals surface area contributed by atoms with Crippen LogP contribution in [0.1, 0.15) is 32.8 Å². The quantitative estimate of drug-likeness (QED) is 0.367. The van der Waals surface area contributed by atoms with Gasteiger partial charge in [-0.1, -0.05) is 27.4 Å². The molecule has 0 aliphatic heterocycles. The molecule has 114 valence electrons. The third-order valence-electron chi connectivity index (χ3n) is 2.49. The molecule has 0 aliphatic rings. The molecule has 4 nitrogen and oxygen atoms in total. The standard InChI is InChI=1S/C16H23N3OS/c1-12(9-16(2,3)4)11-20-14-7-5-13(6-8-14)10-18-19-15(17)21/h5-8,10H,1,9,11H2,2-4H3,(H3,17,19,21)/b18-10+. The maximum Gasteiger partial charge on any atom is 0.184 e. The summed E-state index contributed by atoms with van der Waals surface area (Å²) in [6, 6.07) is 7.61. The molecule has 0 aromatic heterocycles. The molecule has 0 saturated heterocycles. The van der Waals surface area contributed by atoms with Crippen LogP contribution in [0.2, 0.25) is 0 Å². The van der Waals surface area contributed by atoms with E-state index in [9.17, 15) is 0 Å². The average molecular weight is 305 g/mol. The van der Waals surface area contributed by atoms with Gasteiger partial charge < -0.3 is 10.5 Å². The number of rotatable bonds is 6. The van der Waals surface area contributed by atoms with Gasteiger partial charge >= 0.3 is 0 Å². The lowest BCUT2D eigenvalue weighted by Gasteiger charge is -2.19. The summed E-state index contributed by atoms with van der Waals surface area (Å²) in [5.41, 5.74) is 10.0. The van der Waals surface area contributed by atoms with Crippen LogP contribution in [0.25, 0.3) is 0 Å². The summed E-state index contributed by atoms with van der Waals surface area (Å²) in [5, 5.41) is 4.03. The van der Waals surface area contributed by atoms with Crippen molar-refractivity contribution in [1.29, 1.82) is 0 Å². The van der Waals surface area contributed by atoms with Gasteiger partial charge in [-0.3, -0.25) is 5.43 Å². The first-order valence-electron chi connectivity index (χ1n) is 6.74. The summed E-state index contributed by atoms with van der Waals surface area (Å²) in [6.45, 7) is 11.2. The Balaban J connectivity index is 2.46. The molecule has 0 spiro atoms. The fraction of sp³-hybridized carbons (Fsp3) is 0.375. The molecule has 0 amide bonds. The highest BCUT2D eigenvalue weighted by molar-refractivity contribution is 7.80. The van der Waals surface area contributed by atoms with Crippen LogP contribution < -0.4 is 15.9 Å². The monoisotopic (exact) mass is 305 g/mol. The van der Waals surface area contributed by atoms with Crippen LogP contribution in [0.3, 0.4) is 0 Å². The van der Waals surface area contributed by atoms with E-state index in [0.29, 0.717) is 6.61 Å². The third kappa shape index (κ3) is 8.09. The molecule has 21 heavy (non-hydrogen) atoms. The summed E-state index contributed by atoms with van der Waals surface area (Å²) >= 11 is 4.65. The lowest BCUT2D eigenvalue weighted by Crippen LogP contribution is -2.23. The maximum atomic E-state index is 5.71. The highest BCUT2D eigenvalue weighted by Crippen LogP contribution is 2.23. The zero-order valence-electron chi connectivity index (χ0n) is 12.8. The van der Waals surface area contributed by atoms with Crippen LogP contribution in [0.5, 0.6) is 5.75 Å². The predicted octanol–water partition coefficient (Wildman–Crippen LogP) is 3.22. The van der Waals surface area contributed by atoms with Crippen molar-refractivity contribution in [3.63, 3.8) is 0 Å². The van der Waals surface area contributed by atoms with Crippen molar-refractivity contribution < 1.29 is 4.74 Å². The van der Waals surface area contributed by atoms with Crippen molar-refractivity contribution in [3.8, 4) is 5.75 Å². The van der Waals surface area contributed by atoms with E-state index >= 15 is 0 Å². The molecular formula is C16H23N3OS. The second kappa shape index (κ2) is 7.78.